The molecule has 0 aromatic carbocycles. The monoisotopic (exact) mass is 345 g/mol. The Balaban J connectivity index is 1.88. The van der Waals surface area contributed by atoms with Crippen LogP contribution in [0.4, 0.5) is 0 Å². The highest BCUT2D eigenvalue weighted by molar-refractivity contribution is 7.92. The summed E-state index contributed by atoms with van der Waals surface area (Å²) in [5.41, 5.74) is 1.07. The van der Waals surface area contributed by atoms with Crippen LogP contribution in [0.15, 0.2) is 5.38 Å². The molecule has 1 aliphatic heterocycles. The van der Waals surface area contributed by atoms with Crippen LogP contribution < -0.4 is 0 Å². The van der Waals surface area contributed by atoms with Gasteiger partial charge < -0.3 is 4.90 Å². The zero-order valence-corrected chi connectivity index (χ0v) is 14.8. The second kappa shape index (κ2) is 7.52. The Hall–Kier alpha value is -0.990. The number of carbonyl (C=O) groups excluding carboxylic acids is 1. The highest BCUT2D eigenvalue weighted by atomic mass is 32.2. The predicted octanol–water partition coefficient (Wildman–Crippen LogP) is 0.921. The van der Waals surface area contributed by atoms with Crippen LogP contribution in [0, 0.1) is 6.92 Å². The van der Waals surface area contributed by atoms with Gasteiger partial charge in [-0.15, -0.1) is 11.3 Å². The minimum absolute atomic E-state index is 0.0158. The fourth-order valence-electron chi connectivity index (χ4n) is 2.47. The van der Waals surface area contributed by atoms with Crippen LogP contribution >= 0.6 is 11.3 Å². The van der Waals surface area contributed by atoms with Crippen molar-refractivity contribution in [3.63, 3.8) is 0 Å². The van der Waals surface area contributed by atoms with Crippen LogP contribution in [0.2, 0.25) is 0 Å². The summed E-state index contributed by atoms with van der Waals surface area (Å²) in [6, 6.07) is 0. The molecule has 0 unspecified atom stereocenters. The summed E-state index contributed by atoms with van der Waals surface area (Å²) in [5, 5.41) is 3.13. The lowest BCUT2D eigenvalue weighted by atomic mass is 10.3. The van der Waals surface area contributed by atoms with Gasteiger partial charge in [-0.3, -0.25) is 9.69 Å². The first kappa shape index (κ1) is 17.4. The van der Waals surface area contributed by atoms with Gasteiger partial charge in [0.25, 0.3) is 0 Å². The molecule has 0 N–H and O–H groups in total. The number of aryl methyl sites for hydroxylation is 1. The third-order valence-corrected chi connectivity index (χ3v) is 6.17. The fraction of sp³-hybridized carbons (Fsp3) is 0.714. The van der Waals surface area contributed by atoms with Crippen LogP contribution in [0.5, 0.6) is 0 Å². The number of hydrogen-bond donors (Lipinski definition) is 0. The molecule has 1 amide bonds. The third-order valence-electron chi connectivity index (χ3n) is 3.78. The highest BCUT2D eigenvalue weighted by Gasteiger charge is 2.23. The lowest BCUT2D eigenvalue weighted by Gasteiger charge is -2.21. The summed E-state index contributed by atoms with van der Waals surface area (Å²) in [7, 11) is -3.25. The molecule has 1 saturated heterocycles. The number of rotatable bonds is 5. The predicted molar refractivity (Wildman–Crippen MR) is 87.7 cm³/mol. The molecule has 2 heterocycles. The number of carbonyl (C=O) groups is 1. The quantitative estimate of drug-likeness (QED) is 0.794. The lowest BCUT2D eigenvalue weighted by Crippen LogP contribution is -2.38. The molecular formula is C14H23N3O3S2. The Morgan fingerprint density at radius 1 is 1.32 bits per heavy atom. The van der Waals surface area contributed by atoms with E-state index in [1.54, 1.807) is 23.2 Å². The molecular weight excluding hydrogens is 322 g/mol. The first-order valence-corrected chi connectivity index (χ1v) is 10.2. The van der Waals surface area contributed by atoms with E-state index in [9.17, 15) is 13.2 Å². The fourth-order valence-corrected chi connectivity index (χ4v) is 3.84. The average molecular weight is 345 g/mol. The third kappa shape index (κ3) is 5.03. The van der Waals surface area contributed by atoms with Crippen LogP contribution in [0.1, 0.15) is 24.0 Å². The van der Waals surface area contributed by atoms with Crippen molar-refractivity contribution in [3.05, 3.63) is 16.1 Å². The van der Waals surface area contributed by atoms with Crippen molar-refractivity contribution in [2.45, 2.75) is 26.8 Å². The Kier molecular flexibility index (Phi) is 5.94. The Morgan fingerprint density at radius 3 is 2.73 bits per heavy atom. The van der Waals surface area contributed by atoms with Crippen molar-refractivity contribution < 1.29 is 13.2 Å². The maximum absolute atomic E-state index is 12.1. The van der Waals surface area contributed by atoms with Gasteiger partial charge in [-0.25, -0.2) is 13.4 Å². The van der Waals surface area contributed by atoms with Gasteiger partial charge in [0.15, 0.2) is 9.84 Å². The maximum Gasteiger partial charge on any atom is 0.237 e. The summed E-state index contributed by atoms with van der Waals surface area (Å²) in [4.78, 5) is 20.5. The molecule has 8 heteroatoms. The maximum atomic E-state index is 12.1. The summed E-state index contributed by atoms with van der Waals surface area (Å²) < 4.78 is 23.2. The molecule has 0 atom stereocenters. The molecule has 1 aliphatic rings. The van der Waals surface area contributed by atoms with Gasteiger partial charge >= 0.3 is 0 Å². The van der Waals surface area contributed by atoms with Crippen molar-refractivity contribution in [3.8, 4) is 0 Å². The Labute approximate surface area is 136 Å². The van der Waals surface area contributed by atoms with E-state index in [0.717, 1.165) is 36.8 Å². The van der Waals surface area contributed by atoms with E-state index in [2.05, 4.69) is 15.3 Å². The van der Waals surface area contributed by atoms with Crippen molar-refractivity contribution in [2.24, 2.45) is 0 Å². The number of nitrogens with zero attached hydrogens (tertiary/aromatic N) is 3. The molecule has 22 heavy (non-hydrogen) atoms. The minimum Gasteiger partial charge on any atom is -0.340 e. The summed E-state index contributed by atoms with van der Waals surface area (Å²) in [6.45, 7) is 7.23. The first-order valence-electron chi connectivity index (χ1n) is 7.51. The second-order valence-electron chi connectivity index (χ2n) is 5.54. The summed E-state index contributed by atoms with van der Waals surface area (Å²) >= 11 is 1.64. The normalized spacial score (nSPS) is 17.5. The molecule has 2 rings (SSSR count). The smallest absolute Gasteiger partial charge is 0.237 e. The van der Waals surface area contributed by atoms with Gasteiger partial charge in [0.1, 0.15) is 5.75 Å². The number of sulfone groups is 1. The van der Waals surface area contributed by atoms with Crippen molar-refractivity contribution in [1.29, 1.82) is 0 Å². The van der Waals surface area contributed by atoms with E-state index in [1.165, 1.54) is 0 Å². The number of hydrogen-bond acceptors (Lipinski definition) is 6. The molecule has 0 radical (unpaired) electrons. The van der Waals surface area contributed by atoms with Crippen LogP contribution in [0.25, 0.3) is 0 Å². The highest BCUT2D eigenvalue weighted by Crippen LogP contribution is 2.12. The van der Waals surface area contributed by atoms with Crippen LogP contribution in [-0.4, -0.2) is 66.8 Å². The van der Waals surface area contributed by atoms with E-state index in [0.29, 0.717) is 13.1 Å². The van der Waals surface area contributed by atoms with E-state index in [4.69, 9.17) is 0 Å². The summed E-state index contributed by atoms with van der Waals surface area (Å²) in [5.74, 6) is -0.621. The SMILES string of the molecule is CCS(=O)(=O)CC(=O)N1CCCN(Cc2csc(C)n2)CC1. The van der Waals surface area contributed by atoms with E-state index in [-0.39, 0.29) is 17.4 Å². The largest absolute Gasteiger partial charge is 0.340 e. The lowest BCUT2D eigenvalue weighted by molar-refractivity contribution is -0.128. The molecule has 1 fully saturated rings. The standard InChI is InChI=1S/C14H23N3O3S2/c1-3-22(19,20)11-14(18)17-6-4-5-16(7-8-17)9-13-10-21-12(2)15-13/h10H,3-9,11H2,1-2H3. The van der Waals surface area contributed by atoms with Crippen LogP contribution in [-0.2, 0) is 21.2 Å². The van der Waals surface area contributed by atoms with Crippen molar-refractivity contribution in [2.75, 3.05) is 37.7 Å². The molecule has 124 valence electrons. The molecule has 0 saturated carbocycles. The first-order chi connectivity index (χ1) is 10.4. The molecule has 1 aromatic rings. The van der Waals surface area contributed by atoms with Crippen molar-refractivity contribution >= 4 is 27.1 Å². The zero-order valence-electron chi connectivity index (χ0n) is 13.1. The van der Waals surface area contributed by atoms with E-state index in [1.807, 2.05) is 6.92 Å². The average Bonchev–Trinajstić information content (AvgIpc) is 2.73. The number of amides is 1. The van der Waals surface area contributed by atoms with Gasteiger partial charge in [0.05, 0.1) is 10.7 Å². The van der Waals surface area contributed by atoms with Gasteiger partial charge in [-0.2, -0.15) is 0 Å². The van der Waals surface area contributed by atoms with E-state index >= 15 is 0 Å². The van der Waals surface area contributed by atoms with E-state index < -0.39 is 9.84 Å². The topological polar surface area (TPSA) is 70.6 Å². The number of thiazole rings is 1. The Bertz CT molecular complexity index is 613. The molecule has 0 spiro atoms. The summed E-state index contributed by atoms with van der Waals surface area (Å²) in [6.07, 6.45) is 0.862. The number of aromatic nitrogens is 1. The Morgan fingerprint density at radius 2 is 2.09 bits per heavy atom. The molecule has 6 nitrogen and oxygen atoms in total. The van der Waals surface area contributed by atoms with Gasteiger partial charge in [0, 0.05) is 43.9 Å². The van der Waals surface area contributed by atoms with Gasteiger partial charge in [-0.05, 0) is 13.3 Å². The molecule has 1 aromatic heterocycles. The van der Waals surface area contributed by atoms with Crippen LogP contribution in [0.3, 0.4) is 0 Å². The van der Waals surface area contributed by atoms with Gasteiger partial charge in [-0.1, -0.05) is 6.92 Å². The zero-order chi connectivity index (χ0) is 16.2. The second-order valence-corrected chi connectivity index (χ2v) is 8.96. The minimum atomic E-state index is -3.25. The van der Waals surface area contributed by atoms with Crippen molar-refractivity contribution in [1.82, 2.24) is 14.8 Å². The molecule has 0 bridgehead atoms. The van der Waals surface area contributed by atoms with Gasteiger partial charge in [0.2, 0.25) is 5.91 Å². The molecule has 0 aliphatic carbocycles.